The lowest BCUT2D eigenvalue weighted by atomic mass is 10.0. The molecule has 0 aliphatic heterocycles. The number of hydrogen-bond acceptors (Lipinski definition) is 3. The van der Waals surface area contributed by atoms with Crippen LogP contribution in [0.1, 0.15) is 17.3 Å². The number of carbonyl (C=O) groups excluding carboxylic acids is 1. The van der Waals surface area contributed by atoms with Crippen LogP contribution in [0.2, 0.25) is 5.02 Å². The van der Waals surface area contributed by atoms with E-state index in [2.05, 4.69) is 9.97 Å². The highest BCUT2D eigenvalue weighted by atomic mass is 35.5. The predicted molar refractivity (Wildman–Crippen MR) is 89.9 cm³/mol. The number of aromatic nitrogens is 2. The van der Waals surface area contributed by atoms with Gasteiger partial charge in [-0.25, -0.2) is 4.98 Å². The summed E-state index contributed by atoms with van der Waals surface area (Å²) in [5, 5.41) is 9.96. The maximum atomic E-state index is 12.3. The fourth-order valence-electron chi connectivity index (χ4n) is 2.22. The number of carbonyl (C=O) groups is 1. The fourth-order valence-corrected chi connectivity index (χ4v) is 2.34. The van der Waals surface area contributed by atoms with Crippen LogP contribution in [0.4, 0.5) is 0 Å². The topological polar surface area (TPSA) is 69.5 Å². The average molecular weight is 322 g/mol. The van der Waals surface area contributed by atoms with E-state index >= 15 is 0 Å². The molecule has 1 heterocycles. The van der Waals surface area contributed by atoms with E-state index in [-0.39, 0.29) is 5.78 Å². The molecule has 0 aliphatic rings. The van der Waals surface area contributed by atoms with Crippen LogP contribution in [0, 0.1) is 11.3 Å². The first-order valence-electron chi connectivity index (χ1n) is 6.99. The molecule has 0 radical (unpaired) electrons. The Morgan fingerprint density at radius 3 is 2.65 bits per heavy atom. The maximum Gasteiger partial charge on any atom is 0.180 e. The lowest BCUT2D eigenvalue weighted by molar-refractivity contribution is -0.114. The van der Waals surface area contributed by atoms with Crippen LogP contribution in [0.3, 0.4) is 0 Å². The van der Waals surface area contributed by atoms with E-state index in [1.807, 2.05) is 30.3 Å². The van der Waals surface area contributed by atoms with Gasteiger partial charge in [0, 0.05) is 5.02 Å². The van der Waals surface area contributed by atoms with E-state index < -0.39 is 5.92 Å². The zero-order valence-electron chi connectivity index (χ0n) is 12.0. The number of halogens is 1. The molecule has 1 atom stereocenters. The number of imidazole rings is 1. The van der Waals surface area contributed by atoms with Crippen molar-refractivity contribution in [3.05, 3.63) is 71.0 Å². The molecule has 0 bridgehead atoms. The molecule has 0 saturated carbocycles. The highest BCUT2D eigenvalue weighted by Gasteiger charge is 2.21. The van der Waals surface area contributed by atoms with Crippen molar-refractivity contribution >= 4 is 34.5 Å². The summed E-state index contributed by atoms with van der Waals surface area (Å²) in [5.74, 6) is -0.910. The molecule has 23 heavy (non-hydrogen) atoms. The monoisotopic (exact) mass is 321 g/mol. The van der Waals surface area contributed by atoms with Crippen LogP contribution in [0.25, 0.3) is 17.1 Å². The molecule has 0 fully saturated rings. The first-order chi connectivity index (χ1) is 11.2. The van der Waals surface area contributed by atoms with Gasteiger partial charge in [-0.05, 0) is 35.9 Å². The lowest BCUT2D eigenvalue weighted by Gasteiger charge is -2.00. The average Bonchev–Trinajstić information content (AvgIpc) is 2.98. The Morgan fingerprint density at radius 2 is 1.96 bits per heavy atom. The maximum absolute atomic E-state index is 12.3. The minimum Gasteiger partial charge on any atom is -0.340 e. The van der Waals surface area contributed by atoms with Gasteiger partial charge in [-0.2, -0.15) is 5.26 Å². The number of ketones is 1. The first-order valence-corrected chi connectivity index (χ1v) is 7.37. The molecule has 1 unspecified atom stereocenters. The number of nitrogens with zero attached hydrogens (tertiary/aromatic N) is 2. The summed E-state index contributed by atoms with van der Waals surface area (Å²) in [7, 11) is 0. The summed E-state index contributed by atoms with van der Waals surface area (Å²) in [6.07, 6.45) is 3.05. The van der Waals surface area contributed by atoms with Crippen molar-refractivity contribution in [2.75, 3.05) is 0 Å². The van der Waals surface area contributed by atoms with Crippen LogP contribution in [0.5, 0.6) is 0 Å². The molecular weight excluding hydrogens is 310 g/mol. The Labute approximate surface area is 138 Å². The number of aromatic amines is 1. The molecule has 1 N–H and O–H groups in total. The lowest BCUT2D eigenvalue weighted by Crippen LogP contribution is -2.09. The third-order valence-electron chi connectivity index (χ3n) is 3.40. The molecule has 0 aliphatic carbocycles. The summed E-state index contributed by atoms with van der Waals surface area (Å²) in [6, 6.07) is 16.5. The van der Waals surface area contributed by atoms with E-state index in [0.29, 0.717) is 10.8 Å². The molecule has 2 aromatic carbocycles. The molecule has 0 spiro atoms. The van der Waals surface area contributed by atoms with Gasteiger partial charge in [0.25, 0.3) is 0 Å². The molecule has 3 rings (SSSR count). The van der Waals surface area contributed by atoms with Crippen LogP contribution >= 0.6 is 11.6 Å². The van der Waals surface area contributed by atoms with Crippen molar-refractivity contribution in [3.63, 3.8) is 0 Å². The van der Waals surface area contributed by atoms with E-state index in [1.54, 1.807) is 30.3 Å². The van der Waals surface area contributed by atoms with Crippen LogP contribution in [-0.2, 0) is 4.79 Å². The third kappa shape index (κ3) is 3.31. The fraction of sp³-hybridized carbons (Fsp3) is 0.0556. The summed E-state index contributed by atoms with van der Waals surface area (Å²) < 4.78 is 0. The Balaban J connectivity index is 1.84. The van der Waals surface area contributed by atoms with Crippen LogP contribution in [-0.4, -0.2) is 15.8 Å². The Bertz CT molecular complexity index is 886. The molecule has 4 nitrogen and oxygen atoms in total. The van der Waals surface area contributed by atoms with E-state index in [1.165, 1.54) is 6.08 Å². The standard InChI is InChI=1S/C18H12ClN3O/c19-13-8-5-12(6-9-13)7-10-17(23)14(11-20)18-21-15-3-1-2-4-16(15)22-18/h1-10,14H,(H,21,22)/b10-7+. The highest BCUT2D eigenvalue weighted by molar-refractivity contribution is 6.30. The molecule has 0 amide bonds. The SMILES string of the molecule is N#CC(C(=O)/C=C/c1ccc(Cl)cc1)c1nc2ccccc2[nH]1. The highest BCUT2D eigenvalue weighted by Crippen LogP contribution is 2.19. The summed E-state index contributed by atoms with van der Waals surface area (Å²) >= 11 is 5.82. The molecule has 5 heteroatoms. The van der Waals surface area contributed by atoms with Crippen molar-refractivity contribution in [2.24, 2.45) is 0 Å². The molecular formula is C18H12ClN3O. The Kier molecular flexibility index (Phi) is 4.22. The van der Waals surface area contributed by atoms with Gasteiger partial charge < -0.3 is 4.98 Å². The van der Waals surface area contributed by atoms with E-state index in [9.17, 15) is 10.1 Å². The second kappa shape index (κ2) is 6.47. The zero-order chi connectivity index (χ0) is 16.2. The predicted octanol–water partition coefficient (Wildman–Crippen LogP) is 4.11. The number of fused-ring (bicyclic) bond motifs is 1. The van der Waals surface area contributed by atoms with Crippen molar-refractivity contribution in [3.8, 4) is 6.07 Å². The second-order valence-electron chi connectivity index (χ2n) is 4.99. The van der Waals surface area contributed by atoms with Gasteiger partial charge in [-0.1, -0.05) is 41.9 Å². The van der Waals surface area contributed by atoms with Gasteiger partial charge in [0.2, 0.25) is 0 Å². The van der Waals surface area contributed by atoms with Gasteiger partial charge in [0.05, 0.1) is 17.1 Å². The summed E-state index contributed by atoms with van der Waals surface area (Å²) in [6.45, 7) is 0. The van der Waals surface area contributed by atoms with Gasteiger partial charge in [0.1, 0.15) is 5.82 Å². The summed E-state index contributed by atoms with van der Waals surface area (Å²) in [5.41, 5.74) is 2.37. The number of rotatable bonds is 4. The number of allylic oxidation sites excluding steroid dienone is 1. The van der Waals surface area contributed by atoms with Crippen molar-refractivity contribution in [1.82, 2.24) is 9.97 Å². The number of hydrogen-bond donors (Lipinski definition) is 1. The van der Waals surface area contributed by atoms with Gasteiger partial charge >= 0.3 is 0 Å². The quantitative estimate of drug-likeness (QED) is 0.735. The molecule has 0 saturated heterocycles. The smallest absolute Gasteiger partial charge is 0.180 e. The number of H-pyrrole nitrogens is 1. The molecule has 1 aromatic heterocycles. The van der Waals surface area contributed by atoms with Crippen molar-refractivity contribution in [1.29, 1.82) is 5.26 Å². The largest absolute Gasteiger partial charge is 0.340 e. The minimum absolute atomic E-state index is 0.318. The summed E-state index contributed by atoms with van der Waals surface area (Å²) in [4.78, 5) is 19.6. The number of benzene rings is 2. The number of nitrogens with one attached hydrogen (secondary N) is 1. The Morgan fingerprint density at radius 1 is 1.22 bits per heavy atom. The number of nitriles is 1. The van der Waals surface area contributed by atoms with Gasteiger partial charge in [-0.3, -0.25) is 4.79 Å². The van der Waals surface area contributed by atoms with Gasteiger partial charge in [-0.15, -0.1) is 0 Å². The van der Waals surface area contributed by atoms with Gasteiger partial charge in [0.15, 0.2) is 11.7 Å². The third-order valence-corrected chi connectivity index (χ3v) is 3.66. The van der Waals surface area contributed by atoms with Crippen LogP contribution < -0.4 is 0 Å². The first kappa shape index (κ1) is 15.0. The normalized spacial score (nSPS) is 12.3. The Hall–Kier alpha value is -2.90. The van der Waals surface area contributed by atoms with E-state index in [4.69, 9.17) is 11.6 Å². The van der Waals surface area contributed by atoms with Crippen LogP contribution in [0.15, 0.2) is 54.6 Å². The second-order valence-corrected chi connectivity index (χ2v) is 5.42. The number of para-hydroxylation sites is 2. The zero-order valence-corrected chi connectivity index (χ0v) is 12.8. The minimum atomic E-state index is -0.953. The van der Waals surface area contributed by atoms with E-state index in [0.717, 1.165) is 16.6 Å². The molecule has 3 aromatic rings. The van der Waals surface area contributed by atoms with Crippen molar-refractivity contribution < 1.29 is 4.79 Å². The molecule has 112 valence electrons. The van der Waals surface area contributed by atoms with Crippen molar-refractivity contribution in [2.45, 2.75) is 5.92 Å².